The third kappa shape index (κ3) is 7.91. The molecule has 0 spiro atoms. The lowest BCUT2D eigenvalue weighted by Crippen LogP contribution is -2.17. The number of rotatable bonds is 10. The number of alkyl halides is 3. The van der Waals surface area contributed by atoms with Gasteiger partial charge in [0.05, 0.1) is 0 Å². The summed E-state index contributed by atoms with van der Waals surface area (Å²) in [6, 6.07) is 30.7. The molecule has 0 saturated heterocycles. The maximum atomic E-state index is 12.8. The molecule has 4 aromatic carbocycles. The topological polar surface area (TPSA) is 55.8 Å². The van der Waals surface area contributed by atoms with Crippen LogP contribution in [0.4, 0.5) is 13.2 Å². The van der Waals surface area contributed by atoms with Crippen LogP contribution < -0.4 is 9.47 Å². The predicted octanol–water partition coefficient (Wildman–Crippen LogP) is 7.94. The van der Waals surface area contributed by atoms with Crippen LogP contribution in [0.2, 0.25) is 0 Å². The number of carboxylic acids is 1. The monoisotopic (exact) mass is 536 g/mol. The van der Waals surface area contributed by atoms with Gasteiger partial charge in [0.25, 0.3) is 0 Å². The molecule has 0 aromatic heterocycles. The molecule has 4 nitrogen and oxygen atoms in total. The number of hydrogen-bond donors (Lipinski definition) is 1. The molecule has 0 saturated carbocycles. The molecule has 0 unspecified atom stereocenters. The highest BCUT2D eigenvalue weighted by molar-refractivity contribution is 7.99. The van der Waals surface area contributed by atoms with Crippen LogP contribution in [0.25, 0.3) is 16.7 Å². The Labute approximate surface area is 222 Å². The number of carboxylic acid groups (broad SMARTS) is 1. The summed E-state index contributed by atoms with van der Waals surface area (Å²) < 4.78 is 47.8. The average molecular weight is 537 g/mol. The first kappa shape index (κ1) is 26.9. The molecular weight excluding hydrogens is 513 g/mol. The molecule has 0 aliphatic carbocycles. The van der Waals surface area contributed by atoms with Crippen LogP contribution in [0, 0.1) is 0 Å². The number of aliphatic carboxylic acids is 1. The summed E-state index contributed by atoms with van der Waals surface area (Å²) in [6.45, 7) is -0.418. The molecular formula is C30H23F3O4S. The van der Waals surface area contributed by atoms with Crippen molar-refractivity contribution in [1.82, 2.24) is 0 Å². The summed E-state index contributed by atoms with van der Waals surface area (Å²) in [7, 11) is 0. The molecule has 4 aromatic rings. The van der Waals surface area contributed by atoms with E-state index in [1.807, 2.05) is 72.8 Å². The molecule has 194 valence electrons. The summed E-state index contributed by atoms with van der Waals surface area (Å²) >= 11 is 1.53. The zero-order valence-electron chi connectivity index (χ0n) is 20.0. The maximum absolute atomic E-state index is 12.8. The molecule has 0 radical (unpaired) electrons. The van der Waals surface area contributed by atoms with Gasteiger partial charge in [-0.05, 0) is 64.2 Å². The summed E-state index contributed by atoms with van der Waals surface area (Å²) in [5, 5.41) is 8.73. The molecule has 0 atom stereocenters. The van der Waals surface area contributed by atoms with Crippen LogP contribution in [-0.4, -0.2) is 29.8 Å². The van der Waals surface area contributed by atoms with E-state index >= 15 is 0 Å². The van der Waals surface area contributed by atoms with E-state index in [9.17, 15) is 18.0 Å². The molecule has 0 amide bonds. The Hall–Kier alpha value is -4.17. The van der Waals surface area contributed by atoms with Gasteiger partial charge in [0.2, 0.25) is 0 Å². The third-order valence-electron chi connectivity index (χ3n) is 5.41. The van der Waals surface area contributed by atoms with Crippen molar-refractivity contribution < 1.29 is 32.5 Å². The highest BCUT2D eigenvalue weighted by Gasteiger charge is 2.31. The lowest BCUT2D eigenvalue weighted by atomic mass is 9.95. The molecule has 0 aliphatic heterocycles. The third-order valence-corrected chi connectivity index (χ3v) is 6.34. The highest BCUT2D eigenvalue weighted by atomic mass is 32.2. The molecule has 1 N–H and O–H groups in total. The van der Waals surface area contributed by atoms with Gasteiger partial charge in [-0.1, -0.05) is 72.8 Å². The van der Waals surface area contributed by atoms with E-state index in [2.05, 4.69) is 4.74 Å². The number of benzene rings is 4. The van der Waals surface area contributed by atoms with Gasteiger partial charge in [-0.25, -0.2) is 4.79 Å². The van der Waals surface area contributed by atoms with E-state index in [4.69, 9.17) is 9.84 Å². The number of halogens is 3. The quantitative estimate of drug-likeness (QED) is 0.209. The van der Waals surface area contributed by atoms with Crippen LogP contribution in [0.15, 0.2) is 114 Å². The van der Waals surface area contributed by atoms with Gasteiger partial charge in [0.1, 0.15) is 11.5 Å². The van der Waals surface area contributed by atoms with E-state index in [1.165, 1.54) is 30.0 Å². The Bertz CT molecular complexity index is 1380. The van der Waals surface area contributed by atoms with Crippen molar-refractivity contribution >= 4 is 23.3 Å². The van der Waals surface area contributed by atoms with Crippen LogP contribution in [-0.2, 0) is 4.79 Å². The molecule has 4 rings (SSSR count). The van der Waals surface area contributed by atoms with Gasteiger partial charge < -0.3 is 14.6 Å². The van der Waals surface area contributed by atoms with Crippen molar-refractivity contribution in [2.24, 2.45) is 0 Å². The minimum Gasteiger partial charge on any atom is -0.482 e. The SMILES string of the molecule is O=C(O)COc1ccc(SC/C=C(\c2ccc(-c3ccccc3)cc2)c2cccc(OC(F)(F)F)c2)cc1. The van der Waals surface area contributed by atoms with Gasteiger partial charge in [-0.15, -0.1) is 24.9 Å². The van der Waals surface area contributed by atoms with Crippen molar-refractivity contribution in [3.8, 4) is 22.6 Å². The van der Waals surface area contributed by atoms with Crippen LogP contribution in [0.5, 0.6) is 11.5 Å². The highest BCUT2D eigenvalue weighted by Crippen LogP contribution is 2.32. The van der Waals surface area contributed by atoms with Gasteiger partial charge in [-0.3, -0.25) is 0 Å². The van der Waals surface area contributed by atoms with Crippen LogP contribution in [0.3, 0.4) is 0 Å². The van der Waals surface area contributed by atoms with E-state index in [0.29, 0.717) is 17.1 Å². The minimum atomic E-state index is -4.78. The summed E-state index contributed by atoms with van der Waals surface area (Å²) in [5.74, 6) is -0.350. The normalized spacial score (nSPS) is 11.7. The van der Waals surface area contributed by atoms with E-state index in [-0.39, 0.29) is 5.75 Å². The van der Waals surface area contributed by atoms with Gasteiger partial charge in [-0.2, -0.15) is 0 Å². The summed E-state index contributed by atoms with van der Waals surface area (Å²) in [5.41, 5.74) is 4.31. The zero-order chi connectivity index (χ0) is 27.0. The first-order chi connectivity index (χ1) is 18.3. The van der Waals surface area contributed by atoms with E-state index < -0.39 is 18.9 Å². The Balaban J connectivity index is 1.58. The second-order valence-electron chi connectivity index (χ2n) is 8.10. The van der Waals surface area contributed by atoms with Crippen molar-refractivity contribution in [3.63, 3.8) is 0 Å². The fraction of sp³-hybridized carbons (Fsp3) is 0.100. The largest absolute Gasteiger partial charge is 0.573 e. The maximum Gasteiger partial charge on any atom is 0.573 e. The average Bonchev–Trinajstić information content (AvgIpc) is 2.90. The van der Waals surface area contributed by atoms with E-state index in [1.54, 1.807) is 18.2 Å². The second kappa shape index (κ2) is 12.4. The lowest BCUT2D eigenvalue weighted by Gasteiger charge is -2.13. The Morgan fingerprint density at radius 3 is 2.13 bits per heavy atom. The van der Waals surface area contributed by atoms with Crippen molar-refractivity contribution in [3.05, 3.63) is 120 Å². The van der Waals surface area contributed by atoms with E-state index in [0.717, 1.165) is 27.2 Å². The van der Waals surface area contributed by atoms with Crippen molar-refractivity contribution in [2.75, 3.05) is 12.4 Å². The lowest BCUT2D eigenvalue weighted by molar-refractivity contribution is -0.274. The van der Waals surface area contributed by atoms with Crippen LogP contribution >= 0.6 is 11.8 Å². The summed E-state index contributed by atoms with van der Waals surface area (Å²) in [4.78, 5) is 11.6. The fourth-order valence-electron chi connectivity index (χ4n) is 3.73. The molecule has 8 heteroatoms. The Morgan fingerprint density at radius 2 is 1.47 bits per heavy atom. The number of hydrogen-bond acceptors (Lipinski definition) is 4. The van der Waals surface area contributed by atoms with Gasteiger partial charge >= 0.3 is 12.3 Å². The fourth-order valence-corrected chi connectivity index (χ4v) is 4.51. The van der Waals surface area contributed by atoms with Gasteiger partial charge in [0, 0.05) is 10.6 Å². The predicted molar refractivity (Wildman–Crippen MR) is 142 cm³/mol. The van der Waals surface area contributed by atoms with Crippen LogP contribution in [0.1, 0.15) is 11.1 Å². The number of carbonyl (C=O) groups is 1. The number of thioether (sulfide) groups is 1. The van der Waals surface area contributed by atoms with Crippen molar-refractivity contribution in [1.29, 1.82) is 0 Å². The molecule has 0 bridgehead atoms. The molecule has 38 heavy (non-hydrogen) atoms. The second-order valence-corrected chi connectivity index (χ2v) is 9.20. The number of ether oxygens (including phenoxy) is 2. The summed E-state index contributed by atoms with van der Waals surface area (Å²) in [6.07, 6.45) is -2.82. The first-order valence-corrected chi connectivity index (χ1v) is 12.5. The Morgan fingerprint density at radius 1 is 0.789 bits per heavy atom. The minimum absolute atomic E-state index is 0.286. The smallest absolute Gasteiger partial charge is 0.482 e. The van der Waals surface area contributed by atoms with Gasteiger partial charge in [0.15, 0.2) is 6.61 Å². The molecule has 0 fully saturated rings. The molecule has 0 heterocycles. The van der Waals surface area contributed by atoms with Crippen molar-refractivity contribution in [2.45, 2.75) is 11.3 Å². The zero-order valence-corrected chi connectivity index (χ0v) is 20.8. The Kier molecular flexibility index (Phi) is 8.76. The molecule has 0 aliphatic rings. The standard InChI is InChI=1S/C30H23F3O4S/c31-30(32,33)37-26-8-4-7-24(19-26)28(23-11-9-22(10-12-23)21-5-2-1-3-6-21)17-18-38-27-15-13-25(14-16-27)36-20-29(34)35/h1-17,19H,18,20H2,(H,34,35)/b28-17+. The first-order valence-electron chi connectivity index (χ1n) is 11.6.